The van der Waals surface area contributed by atoms with Gasteiger partial charge in [0.05, 0.1) is 0 Å². The molecule has 1 saturated heterocycles. The molecule has 0 radical (unpaired) electrons. The number of unbranched alkanes of at least 4 members (excludes halogenated alkanes) is 1. The number of aliphatic imine (C=N–C) groups is 1. The lowest BCUT2D eigenvalue weighted by Gasteiger charge is -2.35. The lowest BCUT2D eigenvalue weighted by molar-refractivity contribution is 0.0836. The monoisotopic (exact) mass is 467 g/mol. The molecule has 11 N–H and O–H groups in total. The molecule has 1 unspecified atom stereocenters. The van der Waals surface area contributed by atoms with Gasteiger partial charge in [0, 0.05) is 19.6 Å². The van der Waals surface area contributed by atoms with Gasteiger partial charge in [0.25, 0.3) is 5.91 Å². The van der Waals surface area contributed by atoms with Crippen molar-refractivity contribution in [3.8, 4) is 0 Å². The highest BCUT2D eigenvalue weighted by molar-refractivity contribution is 6.31. The number of rotatable bonds is 9. The Morgan fingerprint density at radius 3 is 2.44 bits per heavy atom. The summed E-state index contributed by atoms with van der Waals surface area (Å²) >= 11 is 5.86. The second-order valence-electron chi connectivity index (χ2n) is 7.89. The van der Waals surface area contributed by atoms with Gasteiger partial charge in [-0.05, 0) is 31.6 Å². The second kappa shape index (κ2) is 11.7. The van der Waals surface area contributed by atoms with Gasteiger partial charge in [0.15, 0.2) is 34.4 Å². The summed E-state index contributed by atoms with van der Waals surface area (Å²) in [5.74, 6) is -0.504. The first-order chi connectivity index (χ1) is 15.1. The van der Waals surface area contributed by atoms with Crippen molar-refractivity contribution in [3.63, 3.8) is 0 Å². The Hall–Kier alpha value is -2.86. The van der Waals surface area contributed by atoms with Crippen molar-refractivity contribution in [2.24, 2.45) is 28.1 Å². The fraction of sp³-hybridized carbons (Fsp3) is 0.632. The minimum atomic E-state index is -0.622. The topological polar surface area (TPSA) is 216 Å². The molecule has 1 aliphatic rings. The van der Waals surface area contributed by atoms with Gasteiger partial charge in [-0.15, -0.1) is 0 Å². The molecule has 1 aromatic rings. The van der Waals surface area contributed by atoms with Crippen LogP contribution in [0.2, 0.25) is 5.15 Å². The van der Waals surface area contributed by atoms with Crippen molar-refractivity contribution < 1.29 is 4.79 Å². The minimum absolute atomic E-state index is 0.0356. The van der Waals surface area contributed by atoms with E-state index in [1.807, 2.05) is 0 Å². The Morgan fingerprint density at radius 2 is 1.88 bits per heavy atom. The lowest BCUT2D eigenvalue weighted by Crippen LogP contribution is -2.43. The molecule has 1 fully saturated rings. The number of hydrogen-bond donors (Lipinski definition) is 6. The van der Waals surface area contributed by atoms with E-state index in [-0.39, 0.29) is 47.1 Å². The van der Waals surface area contributed by atoms with Crippen LogP contribution in [0.25, 0.3) is 0 Å². The van der Waals surface area contributed by atoms with Crippen molar-refractivity contribution >= 4 is 41.1 Å². The molecule has 0 aliphatic carbocycles. The number of nitrogens with two attached hydrogens (primary N) is 5. The Bertz CT molecular complexity index is 835. The molecule has 2 rings (SSSR count). The molecule has 1 aromatic heterocycles. The van der Waals surface area contributed by atoms with Crippen LogP contribution in [0.5, 0.6) is 0 Å². The van der Waals surface area contributed by atoms with Crippen molar-refractivity contribution in [3.05, 3.63) is 10.8 Å². The molecule has 1 aliphatic heterocycles. The summed E-state index contributed by atoms with van der Waals surface area (Å²) in [6.07, 6.45) is 5.66. The standard InChI is InChI=1S/C19H34ClN11O/c1-2-12(27-18(23)24)30-9-6-11(7-10-30)5-3-4-8-31(19(25)26)17(32)13-15(21)29-16(22)14(20)28-13/h11-12H,2-10H2,1H3,(H3,25,26)(H4,21,22,29)(H4,23,24,27). The molecule has 13 heteroatoms. The van der Waals surface area contributed by atoms with Gasteiger partial charge in [-0.2, -0.15) is 0 Å². The highest BCUT2D eigenvalue weighted by Crippen LogP contribution is 2.25. The molecule has 0 saturated carbocycles. The maximum atomic E-state index is 12.8. The molecule has 178 valence electrons. The summed E-state index contributed by atoms with van der Waals surface area (Å²) in [5.41, 5.74) is 27.8. The predicted molar refractivity (Wildman–Crippen MR) is 127 cm³/mol. The number of aromatic nitrogens is 2. The van der Waals surface area contributed by atoms with Gasteiger partial charge < -0.3 is 28.7 Å². The van der Waals surface area contributed by atoms with Crippen LogP contribution in [-0.4, -0.2) is 63.4 Å². The summed E-state index contributed by atoms with van der Waals surface area (Å²) in [7, 11) is 0. The average Bonchev–Trinajstić information content (AvgIpc) is 2.74. The fourth-order valence-corrected chi connectivity index (χ4v) is 4.03. The summed E-state index contributed by atoms with van der Waals surface area (Å²) in [6.45, 7) is 4.25. The molecule has 0 aromatic carbocycles. The molecule has 12 nitrogen and oxygen atoms in total. The molecule has 1 atom stereocenters. The van der Waals surface area contributed by atoms with E-state index in [2.05, 4.69) is 26.8 Å². The van der Waals surface area contributed by atoms with E-state index in [0.29, 0.717) is 12.3 Å². The number of amides is 1. The van der Waals surface area contributed by atoms with Gasteiger partial charge in [-0.25, -0.2) is 15.0 Å². The number of nitrogens with zero attached hydrogens (tertiary/aromatic N) is 5. The van der Waals surface area contributed by atoms with E-state index in [1.54, 1.807) is 0 Å². The van der Waals surface area contributed by atoms with Crippen molar-refractivity contribution in [2.75, 3.05) is 31.1 Å². The zero-order chi connectivity index (χ0) is 23.8. The zero-order valence-electron chi connectivity index (χ0n) is 18.4. The Balaban J connectivity index is 1.83. The first-order valence-electron chi connectivity index (χ1n) is 10.7. The SMILES string of the molecule is CCC(N=C(N)N)N1CCC(CCCCN(C(=N)N)C(=O)c2nc(Cl)c(N)nc2N)CC1. The van der Waals surface area contributed by atoms with Crippen LogP contribution in [0, 0.1) is 11.3 Å². The maximum absolute atomic E-state index is 12.8. The maximum Gasteiger partial charge on any atom is 0.283 e. The number of carbonyl (C=O) groups excluding carboxylic acids is 1. The van der Waals surface area contributed by atoms with Gasteiger partial charge in [-0.3, -0.25) is 20.0 Å². The van der Waals surface area contributed by atoms with Crippen LogP contribution < -0.4 is 28.7 Å². The highest BCUT2D eigenvalue weighted by atomic mass is 35.5. The van der Waals surface area contributed by atoms with Crippen LogP contribution in [0.15, 0.2) is 4.99 Å². The van der Waals surface area contributed by atoms with Crippen LogP contribution in [-0.2, 0) is 0 Å². The number of likely N-dealkylation sites (tertiary alicyclic amines) is 1. The van der Waals surface area contributed by atoms with Gasteiger partial charge in [-0.1, -0.05) is 31.4 Å². The highest BCUT2D eigenvalue weighted by Gasteiger charge is 2.26. The van der Waals surface area contributed by atoms with E-state index in [1.165, 1.54) is 0 Å². The summed E-state index contributed by atoms with van der Waals surface area (Å²) in [4.78, 5) is 28.2. The minimum Gasteiger partial charge on any atom is -0.382 e. The van der Waals surface area contributed by atoms with Gasteiger partial charge >= 0.3 is 0 Å². The van der Waals surface area contributed by atoms with E-state index in [4.69, 9.17) is 45.7 Å². The Labute approximate surface area is 193 Å². The molecule has 0 bridgehead atoms. The summed E-state index contributed by atoms with van der Waals surface area (Å²) in [6, 6.07) is 0. The number of piperidine rings is 1. The molecule has 1 amide bonds. The molecular formula is C19H34ClN11O. The third-order valence-corrected chi connectivity index (χ3v) is 5.90. The fourth-order valence-electron chi connectivity index (χ4n) is 3.90. The van der Waals surface area contributed by atoms with Crippen molar-refractivity contribution in [1.29, 1.82) is 5.41 Å². The smallest absolute Gasteiger partial charge is 0.283 e. The quantitative estimate of drug-likeness (QED) is 0.169. The largest absolute Gasteiger partial charge is 0.382 e. The van der Waals surface area contributed by atoms with Crippen LogP contribution in [0.4, 0.5) is 11.6 Å². The first-order valence-corrected chi connectivity index (χ1v) is 11.1. The van der Waals surface area contributed by atoms with Crippen molar-refractivity contribution in [1.82, 2.24) is 19.8 Å². The van der Waals surface area contributed by atoms with Gasteiger partial charge in [0.2, 0.25) is 0 Å². The van der Waals surface area contributed by atoms with E-state index < -0.39 is 5.91 Å². The predicted octanol–water partition coefficient (Wildman–Crippen LogP) is 0.522. The third-order valence-electron chi connectivity index (χ3n) is 5.62. The van der Waals surface area contributed by atoms with E-state index in [0.717, 1.165) is 50.1 Å². The number of nitrogens with one attached hydrogen (secondary N) is 1. The molecule has 0 spiro atoms. The summed E-state index contributed by atoms with van der Waals surface area (Å²) < 4.78 is 0. The Kier molecular flexibility index (Phi) is 9.27. The summed E-state index contributed by atoms with van der Waals surface area (Å²) in [5, 5.41) is 7.64. The van der Waals surface area contributed by atoms with Crippen LogP contribution >= 0.6 is 11.6 Å². The number of hydrogen-bond acceptors (Lipinski definition) is 8. The van der Waals surface area contributed by atoms with Crippen LogP contribution in [0.1, 0.15) is 55.9 Å². The number of carbonyl (C=O) groups is 1. The lowest BCUT2D eigenvalue weighted by atomic mass is 9.91. The first kappa shape index (κ1) is 25.4. The number of nitrogen functional groups attached to an aromatic ring is 2. The third kappa shape index (κ3) is 6.82. The molecule has 2 heterocycles. The number of halogens is 1. The zero-order valence-corrected chi connectivity index (χ0v) is 19.2. The van der Waals surface area contributed by atoms with Crippen LogP contribution in [0.3, 0.4) is 0 Å². The molecule has 32 heavy (non-hydrogen) atoms. The second-order valence-corrected chi connectivity index (χ2v) is 8.25. The van der Waals surface area contributed by atoms with Gasteiger partial charge in [0.1, 0.15) is 6.17 Å². The normalized spacial score (nSPS) is 15.8. The number of anilines is 2. The Morgan fingerprint density at radius 1 is 1.22 bits per heavy atom. The van der Waals surface area contributed by atoms with Crippen molar-refractivity contribution in [2.45, 2.75) is 51.6 Å². The van der Waals surface area contributed by atoms with E-state index in [9.17, 15) is 4.79 Å². The van der Waals surface area contributed by atoms with E-state index >= 15 is 0 Å². The number of guanidine groups is 2. The average molecular weight is 468 g/mol. The molecular weight excluding hydrogens is 434 g/mol.